The maximum Gasteiger partial charge on any atom is 0.322 e. The summed E-state index contributed by atoms with van der Waals surface area (Å²) in [5.41, 5.74) is 3.13. The highest BCUT2D eigenvalue weighted by molar-refractivity contribution is 5.72. The maximum atomic E-state index is 10.4. The molecule has 0 amide bonds. The Bertz CT molecular complexity index is 552. The molecule has 0 unspecified atom stereocenters. The molecule has 0 fully saturated rings. The Hall–Kier alpha value is -2.43. The van der Waals surface area contributed by atoms with Crippen molar-refractivity contribution in [3.63, 3.8) is 0 Å². The summed E-state index contributed by atoms with van der Waals surface area (Å²) >= 11 is 0. The van der Waals surface area contributed by atoms with Crippen molar-refractivity contribution in [1.29, 1.82) is 0 Å². The van der Waals surface area contributed by atoms with Gasteiger partial charge in [-0.15, -0.1) is 0 Å². The summed E-state index contributed by atoms with van der Waals surface area (Å²) in [6, 6.07) is 7.95. The SMILES string of the molecule is Cc1ccccc1-c1cnc(NCC(=O)O)nc1. The molecule has 18 heavy (non-hydrogen) atoms. The van der Waals surface area contributed by atoms with Gasteiger partial charge in [0.25, 0.3) is 0 Å². The van der Waals surface area contributed by atoms with Crippen LogP contribution in [0, 0.1) is 6.92 Å². The number of aromatic nitrogens is 2. The molecule has 0 spiro atoms. The van der Waals surface area contributed by atoms with Crippen molar-refractivity contribution in [2.24, 2.45) is 0 Å². The average Bonchev–Trinajstić information content (AvgIpc) is 2.38. The molecule has 92 valence electrons. The van der Waals surface area contributed by atoms with Crippen LogP contribution >= 0.6 is 0 Å². The number of rotatable bonds is 4. The van der Waals surface area contributed by atoms with Crippen molar-refractivity contribution < 1.29 is 9.90 Å². The van der Waals surface area contributed by atoms with E-state index >= 15 is 0 Å². The molecule has 2 N–H and O–H groups in total. The summed E-state index contributed by atoms with van der Waals surface area (Å²) in [5, 5.41) is 11.1. The Morgan fingerprint density at radius 1 is 1.28 bits per heavy atom. The van der Waals surface area contributed by atoms with Gasteiger partial charge in [-0.3, -0.25) is 4.79 Å². The molecular weight excluding hydrogens is 230 g/mol. The highest BCUT2D eigenvalue weighted by Gasteiger charge is 2.03. The van der Waals surface area contributed by atoms with E-state index in [0.29, 0.717) is 5.95 Å². The Morgan fingerprint density at radius 3 is 2.56 bits per heavy atom. The van der Waals surface area contributed by atoms with Crippen molar-refractivity contribution in [2.45, 2.75) is 6.92 Å². The lowest BCUT2D eigenvalue weighted by molar-refractivity contribution is -0.134. The molecular formula is C13H13N3O2. The van der Waals surface area contributed by atoms with Crippen LogP contribution in [0.1, 0.15) is 5.56 Å². The van der Waals surface area contributed by atoms with Gasteiger partial charge in [0.1, 0.15) is 6.54 Å². The number of nitrogens with zero attached hydrogens (tertiary/aromatic N) is 2. The number of hydrogen-bond donors (Lipinski definition) is 2. The van der Waals surface area contributed by atoms with E-state index in [-0.39, 0.29) is 6.54 Å². The molecule has 0 aliphatic heterocycles. The largest absolute Gasteiger partial charge is 0.480 e. The smallest absolute Gasteiger partial charge is 0.322 e. The van der Waals surface area contributed by atoms with E-state index in [4.69, 9.17) is 5.11 Å². The second-order valence-electron chi connectivity index (χ2n) is 3.86. The lowest BCUT2D eigenvalue weighted by Gasteiger charge is -2.06. The Kier molecular flexibility index (Phi) is 3.52. The standard InChI is InChI=1S/C13H13N3O2/c1-9-4-2-3-5-11(9)10-6-14-13(15-7-10)16-8-12(17)18/h2-7H,8H2,1H3,(H,17,18)(H,14,15,16). The Labute approximate surface area is 105 Å². The minimum absolute atomic E-state index is 0.191. The average molecular weight is 243 g/mol. The lowest BCUT2D eigenvalue weighted by Crippen LogP contribution is -2.14. The summed E-state index contributed by atoms with van der Waals surface area (Å²) in [6.45, 7) is 1.83. The van der Waals surface area contributed by atoms with Gasteiger partial charge in [-0.1, -0.05) is 24.3 Å². The third kappa shape index (κ3) is 2.82. The van der Waals surface area contributed by atoms with E-state index < -0.39 is 5.97 Å². The molecule has 0 atom stereocenters. The van der Waals surface area contributed by atoms with E-state index in [1.54, 1.807) is 12.4 Å². The van der Waals surface area contributed by atoms with Gasteiger partial charge in [0.05, 0.1) is 0 Å². The Morgan fingerprint density at radius 2 is 1.94 bits per heavy atom. The van der Waals surface area contributed by atoms with Crippen LogP contribution in [0.3, 0.4) is 0 Å². The second-order valence-corrected chi connectivity index (χ2v) is 3.86. The van der Waals surface area contributed by atoms with E-state index in [0.717, 1.165) is 16.7 Å². The summed E-state index contributed by atoms with van der Waals surface area (Å²) in [4.78, 5) is 18.6. The van der Waals surface area contributed by atoms with Crippen LogP contribution in [-0.2, 0) is 4.79 Å². The molecule has 0 aliphatic rings. The van der Waals surface area contributed by atoms with Crippen LogP contribution < -0.4 is 5.32 Å². The lowest BCUT2D eigenvalue weighted by atomic mass is 10.0. The zero-order chi connectivity index (χ0) is 13.0. The fourth-order valence-corrected chi connectivity index (χ4v) is 1.61. The molecule has 5 nitrogen and oxygen atoms in total. The minimum Gasteiger partial charge on any atom is -0.480 e. The second kappa shape index (κ2) is 5.27. The van der Waals surface area contributed by atoms with Crippen LogP contribution in [0.4, 0.5) is 5.95 Å². The molecule has 1 aromatic carbocycles. The van der Waals surface area contributed by atoms with Crippen molar-refractivity contribution in [3.8, 4) is 11.1 Å². The van der Waals surface area contributed by atoms with E-state index in [2.05, 4.69) is 15.3 Å². The Balaban J connectivity index is 2.17. The van der Waals surface area contributed by atoms with Crippen molar-refractivity contribution in [2.75, 3.05) is 11.9 Å². The predicted octanol–water partition coefficient (Wildman–Crippen LogP) is 1.95. The van der Waals surface area contributed by atoms with Gasteiger partial charge in [0.15, 0.2) is 0 Å². The van der Waals surface area contributed by atoms with Crippen molar-refractivity contribution >= 4 is 11.9 Å². The summed E-state index contributed by atoms with van der Waals surface area (Å²) < 4.78 is 0. The molecule has 0 aliphatic carbocycles. The van der Waals surface area contributed by atoms with E-state index in [9.17, 15) is 4.79 Å². The fourth-order valence-electron chi connectivity index (χ4n) is 1.61. The van der Waals surface area contributed by atoms with Gasteiger partial charge in [-0.05, 0) is 18.1 Å². The normalized spacial score (nSPS) is 10.1. The third-order valence-electron chi connectivity index (χ3n) is 2.51. The van der Waals surface area contributed by atoms with Gasteiger partial charge in [0.2, 0.25) is 5.95 Å². The number of anilines is 1. The minimum atomic E-state index is -0.943. The fraction of sp³-hybridized carbons (Fsp3) is 0.154. The van der Waals surface area contributed by atoms with Gasteiger partial charge in [-0.25, -0.2) is 9.97 Å². The highest BCUT2D eigenvalue weighted by Crippen LogP contribution is 2.21. The van der Waals surface area contributed by atoms with E-state index in [1.165, 1.54) is 0 Å². The zero-order valence-corrected chi connectivity index (χ0v) is 9.92. The first-order chi connectivity index (χ1) is 8.66. The van der Waals surface area contributed by atoms with Crippen LogP contribution in [0.25, 0.3) is 11.1 Å². The molecule has 5 heteroatoms. The molecule has 0 bridgehead atoms. The number of aryl methyl sites for hydroxylation is 1. The third-order valence-corrected chi connectivity index (χ3v) is 2.51. The number of carboxylic acid groups (broad SMARTS) is 1. The number of nitrogens with one attached hydrogen (secondary N) is 1. The first-order valence-electron chi connectivity index (χ1n) is 5.50. The maximum absolute atomic E-state index is 10.4. The summed E-state index contributed by atoms with van der Waals surface area (Å²) in [5.74, 6) is -0.628. The summed E-state index contributed by atoms with van der Waals surface area (Å²) in [7, 11) is 0. The number of benzene rings is 1. The first-order valence-corrected chi connectivity index (χ1v) is 5.50. The molecule has 1 heterocycles. The molecule has 1 aromatic heterocycles. The number of carbonyl (C=O) groups is 1. The number of aliphatic carboxylic acids is 1. The molecule has 2 rings (SSSR count). The monoisotopic (exact) mass is 243 g/mol. The molecule has 0 saturated carbocycles. The first kappa shape index (κ1) is 12.0. The van der Waals surface area contributed by atoms with Gasteiger partial charge >= 0.3 is 5.97 Å². The van der Waals surface area contributed by atoms with Crippen LogP contribution in [-0.4, -0.2) is 27.6 Å². The van der Waals surface area contributed by atoms with Gasteiger partial charge in [0, 0.05) is 18.0 Å². The van der Waals surface area contributed by atoms with Crippen molar-refractivity contribution in [3.05, 3.63) is 42.2 Å². The zero-order valence-electron chi connectivity index (χ0n) is 9.92. The van der Waals surface area contributed by atoms with Gasteiger partial charge in [-0.2, -0.15) is 0 Å². The highest BCUT2D eigenvalue weighted by atomic mass is 16.4. The number of hydrogen-bond acceptors (Lipinski definition) is 4. The molecule has 0 radical (unpaired) electrons. The van der Waals surface area contributed by atoms with Crippen molar-refractivity contribution in [1.82, 2.24) is 9.97 Å². The predicted molar refractivity (Wildman–Crippen MR) is 68.3 cm³/mol. The van der Waals surface area contributed by atoms with Crippen LogP contribution in [0.15, 0.2) is 36.7 Å². The topological polar surface area (TPSA) is 75.1 Å². The van der Waals surface area contributed by atoms with Gasteiger partial charge < -0.3 is 10.4 Å². The van der Waals surface area contributed by atoms with E-state index in [1.807, 2.05) is 31.2 Å². The molecule has 0 saturated heterocycles. The quantitative estimate of drug-likeness (QED) is 0.858. The molecule has 2 aromatic rings. The van der Waals surface area contributed by atoms with Crippen LogP contribution in [0.5, 0.6) is 0 Å². The van der Waals surface area contributed by atoms with Crippen LogP contribution in [0.2, 0.25) is 0 Å². The number of carboxylic acids is 1. The summed E-state index contributed by atoms with van der Waals surface area (Å²) in [6.07, 6.45) is 3.36.